The molecule has 0 bridgehead atoms. The quantitative estimate of drug-likeness (QED) is 0.594. The molecule has 0 atom stereocenters. The monoisotopic (exact) mass is 432 g/mol. The highest BCUT2D eigenvalue weighted by molar-refractivity contribution is 7.86. The molecule has 0 spiro atoms. The standard InChI is InChI=1S/C19H22N4O4S.C2H6/c1-12-3-5-15(6-4-12)28(25,26)27-10-19(24)7-14(8-19)23-9-13(2)16-17(20)21-11-22-18(16)23;1-2/h3-6,9,11,14,24H,7-8,10H2,1-2H3,(H2,20,21,22);1-2H3. The van der Waals surface area contributed by atoms with Crippen molar-refractivity contribution >= 4 is 27.0 Å². The van der Waals surface area contributed by atoms with Crippen LogP contribution in [0.5, 0.6) is 0 Å². The normalized spacial score (nSPS) is 21.0. The van der Waals surface area contributed by atoms with Crippen LogP contribution in [0.15, 0.2) is 41.7 Å². The number of hydrogen-bond donors (Lipinski definition) is 2. The summed E-state index contributed by atoms with van der Waals surface area (Å²) < 4.78 is 31.7. The molecule has 1 fully saturated rings. The van der Waals surface area contributed by atoms with Crippen molar-refractivity contribution in [3.8, 4) is 0 Å². The number of rotatable bonds is 5. The lowest BCUT2D eigenvalue weighted by atomic mass is 9.76. The van der Waals surface area contributed by atoms with E-state index in [1.807, 2.05) is 38.5 Å². The third-order valence-electron chi connectivity index (χ3n) is 5.25. The van der Waals surface area contributed by atoms with Crippen LogP contribution in [0, 0.1) is 13.8 Å². The highest BCUT2D eigenvalue weighted by atomic mass is 32.2. The Kier molecular flexibility index (Phi) is 6.16. The van der Waals surface area contributed by atoms with Crippen LogP contribution in [0.1, 0.15) is 43.9 Å². The maximum Gasteiger partial charge on any atom is 0.297 e. The van der Waals surface area contributed by atoms with E-state index < -0.39 is 15.7 Å². The molecule has 8 nitrogen and oxygen atoms in total. The van der Waals surface area contributed by atoms with E-state index in [0.717, 1.165) is 16.5 Å². The molecule has 0 amide bonds. The van der Waals surface area contributed by atoms with E-state index in [1.165, 1.54) is 18.5 Å². The van der Waals surface area contributed by atoms with Gasteiger partial charge in [0.05, 0.1) is 22.5 Å². The van der Waals surface area contributed by atoms with Gasteiger partial charge in [-0.3, -0.25) is 4.18 Å². The summed E-state index contributed by atoms with van der Waals surface area (Å²) in [5.74, 6) is 0.420. The second kappa shape index (κ2) is 8.33. The van der Waals surface area contributed by atoms with Gasteiger partial charge in [-0.2, -0.15) is 8.42 Å². The van der Waals surface area contributed by atoms with E-state index in [2.05, 4.69) is 9.97 Å². The van der Waals surface area contributed by atoms with Crippen LogP contribution < -0.4 is 5.73 Å². The smallest absolute Gasteiger partial charge is 0.297 e. The molecule has 9 heteroatoms. The number of fused-ring (bicyclic) bond motifs is 1. The molecular formula is C21H28N4O4S. The molecule has 1 aromatic carbocycles. The first-order chi connectivity index (χ1) is 14.2. The van der Waals surface area contributed by atoms with E-state index in [-0.39, 0.29) is 17.5 Å². The number of benzene rings is 1. The van der Waals surface area contributed by atoms with Crippen molar-refractivity contribution in [2.24, 2.45) is 0 Å². The third kappa shape index (κ3) is 4.19. The van der Waals surface area contributed by atoms with Crippen LogP contribution in [0.25, 0.3) is 11.0 Å². The average Bonchev–Trinajstić information content (AvgIpc) is 3.04. The minimum atomic E-state index is -3.91. The van der Waals surface area contributed by atoms with Gasteiger partial charge in [-0.15, -0.1) is 0 Å². The first-order valence-corrected chi connectivity index (χ1v) is 11.4. The van der Waals surface area contributed by atoms with Crippen molar-refractivity contribution in [3.05, 3.63) is 47.9 Å². The maximum atomic E-state index is 12.3. The first-order valence-electron chi connectivity index (χ1n) is 9.95. The van der Waals surface area contributed by atoms with E-state index >= 15 is 0 Å². The largest absolute Gasteiger partial charge is 0.387 e. The lowest BCUT2D eigenvalue weighted by Gasteiger charge is -2.43. The van der Waals surface area contributed by atoms with Gasteiger partial charge >= 0.3 is 0 Å². The predicted molar refractivity (Wildman–Crippen MR) is 116 cm³/mol. The highest BCUT2D eigenvalue weighted by Gasteiger charge is 2.45. The minimum absolute atomic E-state index is 0.0128. The summed E-state index contributed by atoms with van der Waals surface area (Å²) in [4.78, 5) is 8.41. The molecule has 3 aromatic rings. The summed E-state index contributed by atoms with van der Waals surface area (Å²) in [6, 6.07) is 6.39. The highest BCUT2D eigenvalue weighted by Crippen LogP contribution is 2.44. The molecule has 2 heterocycles. The van der Waals surface area contributed by atoms with Gasteiger partial charge in [0.1, 0.15) is 17.8 Å². The van der Waals surface area contributed by atoms with Crippen LogP contribution in [0.3, 0.4) is 0 Å². The lowest BCUT2D eigenvalue weighted by molar-refractivity contribution is -0.0931. The molecule has 0 radical (unpaired) electrons. The van der Waals surface area contributed by atoms with Crippen LogP contribution >= 0.6 is 0 Å². The summed E-state index contributed by atoms with van der Waals surface area (Å²) in [5.41, 5.74) is 7.37. The molecule has 1 saturated carbocycles. The predicted octanol–water partition coefficient (Wildman–Crippen LogP) is 3.13. The number of hydrogen-bond acceptors (Lipinski definition) is 7. The van der Waals surface area contributed by atoms with Crippen LogP contribution in [-0.2, 0) is 14.3 Å². The van der Waals surface area contributed by atoms with Gasteiger partial charge in [0, 0.05) is 12.2 Å². The summed E-state index contributed by atoms with van der Waals surface area (Å²) in [7, 11) is -3.91. The van der Waals surface area contributed by atoms with Crippen LogP contribution in [-0.4, -0.2) is 40.3 Å². The second-order valence-corrected chi connectivity index (χ2v) is 9.11. The Bertz CT molecular complexity index is 1130. The second-order valence-electron chi connectivity index (χ2n) is 7.49. The number of aryl methyl sites for hydroxylation is 2. The molecule has 3 N–H and O–H groups in total. The summed E-state index contributed by atoms with van der Waals surface area (Å²) >= 11 is 0. The van der Waals surface area contributed by atoms with Crippen molar-refractivity contribution < 1.29 is 17.7 Å². The number of aromatic nitrogens is 3. The number of nitrogens with two attached hydrogens (primary N) is 1. The Hall–Kier alpha value is -2.49. The fourth-order valence-corrected chi connectivity index (χ4v) is 4.65. The zero-order valence-electron chi connectivity index (χ0n) is 17.7. The fraction of sp³-hybridized carbons (Fsp3) is 0.429. The third-order valence-corrected chi connectivity index (χ3v) is 6.52. The zero-order valence-corrected chi connectivity index (χ0v) is 18.5. The molecule has 4 rings (SSSR count). The zero-order chi connectivity index (χ0) is 22.1. The van der Waals surface area contributed by atoms with Gasteiger partial charge in [-0.25, -0.2) is 9.97 Å². The van der Waals surface area contributed by atoms with Gasteiger partial charge < -0.3 is 15.4 Å². The number of nitrogens with zero attached hydrogens (tertiary/aromatic N) is 3. The van der Waals surface area contributed by atoms with Gasteiger partial charge in [0.2, 0.25) is 0 Å². The van der Waals surface area contributed by atoms with Gasteiger partial charge in [-0.1, -0.05) is 31.5 Å². The first kappa shape index (κ1) is 22.2. The lowest BCUT2D eigenvalue weighted by Crippen LogP contribution is -2.48. The van der Waals surface area contributed by atoms with Crippen molar-refractivity contribution in [3.63, 3.8) is 0 Å². The molecule has 0 aliphatic heterocycles. The van der Waals surface area contributed by atoms with Gasteiger partial charge in [0.25, 0.3) is 10.1 Å². The summed E-state index contributed by atoms with van der Waals surface area (Å²) in [6.45, 7) is 7.52. The summed E-state index contributed by atoms with van der Waals surface area (Å²) in [5, 5.41) is 11.5. The Morgan fingerprint density at radius 3 is 2.47 bits per heavy atom. The van der Waals surface area contributed by atoms with Gasteiger partial charge in [-0.05, 0) is 44.4 Å². The molecule has 2 aromatic heterocycles. The number of aliphatic hydroxyl groups is 1. The Labute approximate surface area is 176 Å². The van der Waals surface area contributed by atoms with Crippen LogP contribution in [0.2, 0.25) is 0 Å². The Balaban J connectivity index is 0.00000124. The molecule has 162 valence electrons. The van der Waals surface area contributed by atoms with E-state index in [1.54, 1.807) is 12.1 Å². The summed E-state index contributed by atoms with van der Waals surface area (Å²) in [6.07, 6.45) is 4.08. The molecule has 1 aliphatic carbocycles. The molecule has 0 saturated heterocycles. The van der Waals surface area contributed by atoms with E-state index in [9.17, 15) is 13.5 Å². The number of nitrogen functional groups attached to an aromatic ring is 1. The molecular weight excluding hydrogens is 404 g/mol. The molecule has 30 heavy (non-hydrogen) atoms. The SMILES string of the molecule is CC.Cc1ccc(S(=O)(=O)OCC2(O)CC(n3cc(C)c4c(N)ncnc43)C2)cc1. The minimum Gasteiger partial charge on any atom is -0.387 e. The van der Waals surface area contributed by atoms with E-state index in [4.69, 9.17) is 9.92 Å². The van der Waals surface area contributed by atoms with Crippen molar-refractivity contribution in [2.75, 3.05) is 12.3 Å². The molecule has 1 aliphatic rings. The van der Waals surface area contributed by atoms with Crippen LogP contribution in [0.4, 0.5) is 5.82 Å². The topological polar surface area (TPSA) is 120 Å². The number of anilines is 1. The van der Waals surface area contributed by atoms with Crippen molar-refractivity contribution in [2.45, 2.75) is 57.1 Å². The fourth-order valence-electron chi connectivity index (χ4n) is 3.67. The average molecular weight is 433 g/mol. The van der Waals surface area contributed by atoms with Crippen molar-refractivity contribution in [1.82, 2.24) is 14.5 Å². The van der Waals surface area contributed by atoms with E-state index in [0.29, 0.717) is 24.3 Å². The Morgan fingerprint density at radius 1 is 1.20 bits per heavy atom. The Morgan fingerprint density at radius 2 is 1.83 bits per heavy atom. The van der Waals surface area contributed by atoms with Gasteiger partial charge in [0.15, 0.2) is 0 Å². The molecule has 0 unspecified atom stereocenters. The maximum absolute atomic E-state index is 12.3. The van der Waals surface area contributed by atoms with Crippen molar-refractivity contribution in [1.29, 1.82) is 0 Å².